The Morgan fingerprint density at radius 1 is 1.24 bits per heavy atom. The van der Waals surface area contributed by atoms with E-state index in [1.165, 1.54) is 19.1 Å². The van der Waals surface area contributed by atoms with Crippen LogP contribution in [0.25, 0.3) is 0 Å². The zero-order valence-corrected chi connectivity index (χ0v) is 14.2. The van der Waals surface area contributed by atoms with E-state index in [0.29, 0.717) is 0 Å². The summed E-state index contributed by atoms with van der Waals surface area (Å²) in [6.07, 6.45) is 1.75. The van der Waals surface area contributed by atoms with E-state index in [4.69, 9.17) is 4.74 Å². The standard InChI is InChI=1S/C20H19FN2O2/c1-12(24)23-20(14-4-8-16(25-2)9-5-14)17-10-6-13-3-7-15(21)11-18(13)19(17)22-23/h3-5,7-9,11,17,20H,6,10H2,1-2H3/t17-,20-/m1/s1. The monoisotopic (exact) mass is 338 g/mol. The van der Waals surface area contributed by atoms with Gasteiger partial charge in [0.2, 0.25) is 5.91 Å². The van der Waals surface area contributed by atoms with Crippen LogP contribution < -0.4 is 4.74 Å². The van der Waals surface area contributed by atoms with Gasteiger partial charge in [-0.2, -0.15) is 5.10 Å². The second-order valence-electron chi connectivity index (χ2n) is 6.51. The molecule has 0 N–H and O–H groups in total. The normalized spacial score (nSPS) is 21.4. The number of halogens is 1. The van der Waals surface area contributed by atoms with Crippen molar-refractivity contribution in [1.29, 1.82) is 0 Å². The number of hydrazone groups is 1. The molecule has 4 rings (SSSR count). The van der Waals surface area contributed by atoms with Crippen molar-refractivity contribution in [3.05, 3.63) is 65.0 Å². The number of nitrogens with zero attached hydrogens (tertiary/aromatic N) is 2. The lowest BCUT2D eigenvalue weighted by Crippen LogP contribution is -2.31. The van der Waals surface area contributed by atoms with Crippen molar-refractivity contribution in [2.75, 3.05) is 7.11 Å². The van der Waals surface area contributed by atoms with Crippen LogP contribution in [0.3, 0.4) is 0 Å². The zero-order valence-electron chi connectivity index (χ0n) is 14.2. The van der Waals surface area contributed by atoms with E-state index >= 15 is 0 Å². The van der Waals surface area contributed by atoms with Crippen LogP contribution in [-0.4, -0.2) is 23.7 Å². The Morgan fingerprint density at radius 3 is 2.68 bits per heavy atom. The highest BCUT2D eigenvalue weighted by Gasteiger charge is 2.43. The van der Waals surface area contributed by atoms with E-state index in [0.717, 1.165) is 41.0 Å². The van der Waals surface area contributed by atoms with E-state index in [1.807, 2.05) is 30.3 Å². The first kappa shape index (κ1) is 15.8. The number of aryl methyl sites for hydroxylation is 1. The number of hydrogen-bond acceptors (Lipinski definition) is 3. The van der Waals surface area contributed by atoms with Gasteiger partial charge in [0.15, 0.2) is 0 Å². The van der Waals surface area contributed by atoms with Crippen LogP contribution in [0.2, 0.25) is 0 Å². The fourth-order valence-electron chi connectivity index (χ4n) is 3.88. The second kappa shape index (κ2) is 5.99. The summed E-state index contributed by atoms with van der Waals surface area (Å²) in [7, 11) is 1.63. The number of ether oxygens (including phenoxy) is 1. The van der Waals surface area contributed by atoms with Gasteiger partial charge in [0.25, 0.3) is 0 Å². The molecule has 1 aliphatic carbocycles. The summed E-state index contributed by atoms with van der Waals surface area (Å²) in [5.41, 5.74) is 3.75. The van der Waals surface area contributed by atoms with E-state index in [-0.39, 0.29) is 23.7 Å². The summed E-state index contributed by atoms with van der Waals surface area (Å²) in [6.45, 7) is 1.52. The van der Waals surface area contributed by atoms with E-state index in [1.54, 1.807) is 12.1 Å². The van der Waals surface area contributed by atoms with Crippen LogP contribution >= 0.6 is 0 Å². The number of hydrogen-bond donors (Lipinski definition) is 0. The molecule has 0 fully saturated rings. The van der Waals surface area contributed by atoms with Gasteiger partial charge in [-0.3, -0.25) is 4.79 Å². The molecule has 0 bridgehead atoms. The summed E-state index contributed by atoms with van der Waals surface area (Å²) in [5, 5.41) is 6.14. The molecule has 0 saturated heterocycles. The van der Waals surface area contributed by atoms with Gasteiger partial charge in [-0.05, 0) is 48.2 Å². The largest absolute Gasteiger partial charge is 0.497 e. The summed E-state index contributed by atoms with van der Waals surface area (Å²) in [5.74, 6) is 0.463. The third-order valence-electron chi connectivity index (χ3n) is 5.06. The van der Waals surface area contributed by atoms with Gasteiger partial charge in [-0.25, -0.2) is 9.40 Å². The summed E-state index contributed by atoms with van der Waals surface area (Å²) in [6, 6.07) is 12.4. The fraction of sp³-hybridized carbons (Fsp3) is 0.300. The number of benzene rings is 2. The molecule has 2 aromatic rings. The highest BCUT2D eigenvalue weighted by atomic mass is 19.1. The smallest absolute Gasteiger partial charge is 0.240 e. The molecule has 2 aliphatic rings. The Labute approximate surface area is 145 Å². The molecular weight excluding hydrogens is 319 g/mol. The summed E-state index contributed by atoms with van der Waals surface area (Å²) < 4.78 is 19.0. The lowest BCUT2D eigenvalue weighted by molar-refractivity contribution is -0.131. The first-order chi connectivity index (χ1) is 12.1. The Morgan fingerprint density at radius 2 is 2.00 bits per heavy atom. The average Bonchev–Trinajstić information content (AvgIpc) is 3.02. The molecule has 2 aromatic carbocycles. The maximum absolute atomic E-state index is 13.8. The number of methoxy groups -OCH3 is 1. The fourth-order valence-corrected chi connectivity index (χ4v) is 3.88. The van der Waals surface area contributed by atoms with Crippen LogP contribution in [0.4, 0.5) is 4.39 Å². The molecule has 0 saturated carbocycles. The minimum absolute atomic E-state index is 0.0756. The SMILES string of the molecule is COc1ccc([C@@H]2[C@@H]3CCc4ccc(F)cc4C3=NN2C(C)=O)cc1. The van der Waals surface area contributed by atoms with Crippen LogP contribution in [0, 0.1) is 11.7 Å². The first-order valence-corrected chi connectivity index (χ1v) is 8.39. The summed E-state index contributed by atoms with van der Waals surface area (Å²) in [4.78, 5) is 12.2. The van der Waals surface area contributed by atoms with Gasteiger partial charge in [0, 0.05) is 18.4 Å². The molecule has 2 atom stereocenters. The van der Waals surface area contributed by atoms with Gasteiger partial charge < -0.3 is 4.74 Å². The minimum atomic E-state index is -0.274. The highest BCUT2D eigenvalue weighted by molar-refractivity contribution is 6.06. The molecule has 25 heavy (non-hydrogen) atoms. The molecule has 0 radical (unpaired) electrons. The predicted octanol–water partition coefficient (Wildman–Crippen LogP) is 3.70. The van der Waals surface area contributed by atoms with Crippen LogP contribution in [-0.2, 0) is 11.2 Å². The van der Waals surface area contributed by atoms with Crippen molar-refractivity contribution < 1.29 is 13.9 Å². The Bertz CT molecular complexity index is 860. The van der Waals surface area contributed by atoms with E-state index in [2.05, 4.69) is 5.10 Å². The Kier molecular flexibility index (Phi) is 3.79. The Balaban J connectivity index is 1.78. The molecule has 4 nitrogen and oxygen atoms in total. The first-order valence-electron chi connectivity index (χ1n) is 8.39. The lowest BCUT2D eigenvalue weighted by Gasteiger charge is -2.29. The number of amides is 1. The van der Waals surface area contributed by atoms with Gasteiger partial charge in [0.1, 0.15) is 11.6 Å². The maximum Gasteiger partial charge on any atom is 0.240 e. The van der Waals surface area contributed by atoms with Crippen molar-refractivity contribution in [2.45, 2.75) is 25.8 Å². The van der Waals surface area contributed by atoms with Gasteiger partial charge in [0.05, 0.1) is 18.9 Å². The van der Waals surface area contributed by atoms with Crippen molar-refractivity contribution in [3.8, 4) is 5.75 Å². The van der Waals surface area contributed by atoms with Gasteiger partial charge in [-0.1, -0.05) is 18.2 Å². The summed E-state index contributed by atoms with van der Waals surface area (Å²) >= 11 is 0. The van der Waals surface area contributed by atoms with Crippen LogP contribution in [0.1, 0.15) is 36.1 Å². The molecule has 1 aliphatic heterocycles. The second-order valence-corrected chi connectivity index (χ2v) is 6.51. The number of carbonyl (C=O) groups is 1. The van der Waals surface area contributed by atoms with Crippen LogP contribution in [0.5, 0.6) is 5.75 Å². The number of rotatable bonds is 2. The molecule has 1 heterocycles. The topological polar surface area (TPSA) is 41.9 Å². The number of fused-ring (bicyclic) bond motifs is 3. The molecule has 5 heteroatoms. The highest BCUT2D eigenvalue weighted by Crippen LogP contribution is 2.43. The molecule has 1 amide bonds. The van der Waals surface area contributed by atoms with Crippen molar-refractivity contribution >= 4 is 11.6 Å². The van der Waals surface area contributed by atoms with E-state index in [9.17, 15) is 9.18 Å². The van der Waals surface area contributed by atoms with Crippen molar-refractivity contribution in [2.24, 2.45) is 11.0 Å². The van der Waals surface area contributed by atoms with Gasteiger partial charge >= 0.3 is 0 Å². The third-order valence-corrected chi connectivity index (χ3v) is 5.06. The molecule has 128 valence electrons. The number of carbonyl (C=O) groups excluding carboxylic acids is 1. The third kappa shape index (κ3) is 2.60. The minimum Gasteiger partial charge on any atom is -0.497 e. The molecule has 0 aromatic heterocycles. The molecule has 0 unspecified atom stereocenters. The Hall–Kier alpha value is -2.69. The van der Waals surface area contributed by atoms with Crippen LogP contribution in [0.15, 0.2) is 47.6 Å². The maximum atomic E-state index is 13.8. The molecular formula is C20H19FN2O2. The predicted molar refractivity (Wildman–Crippen MR) is 93.0 cm³/mol. The average molecular weight is 338 g/mol. The van der Waals surface area contributed by atoms with Crippen molar-refractivity contribution in [3.63, 3.8) is 0 Å². The molecule has 0 spiro atoms. The van der Waals surface area contributed by atoms with Crippen molar-refractivity contribution in [1.82, 2.24) is 5.01 Å². The quantitative estimate of drug-likeness (QED) is 0.838. The lowest BCUT2D eigenvalue weighted by atomic mass is 9.77. The zero-order chi connectivity index (χ0) is 17.6. The van der Waals surface area contributed by atoms with Gasteiger partial charge in [-0.15, -0.1) is 0 Å². The van der Waals surface area contributed by atoms with E-state index < -0.39 is 0 Å².